The number of hydrogen-bond acceptors (Lipinski definition) is 3. The predicted octanol–water partition coefficient (Wildman–Crippen LogP) is 3.04. The maximum absolute atomic E-state index is 12.9. The minimum Gasteiger partial charge on any atom is -0.324 e. The normalized spacial score (nSPS) is 26.0. The van der Waals surface area contributed by atoms with Crippen molar-refractivity contribution in [3.8, 4) is 0 Å². The summed E-state index contributed by atoms with van der Waals surface area (Å²) in [6.07, 6.45) is 3.54. The van der Waals surface area contributed by atoms with Crippen molar-refractivity contribution >= 4 is 46.1 Å². The van der Waals surface area contributed by atoms with Gasteiger partial charge in [0.1, 0.15) is 12.1 Å². The fourth-order valence-corrected chi connectivity index (χ4v) is 4.39. The number of carbonyl (C=O) groups is 3. The molecule has 1 aliphatic heterocycles. The van der Waals surface area contributed by atoms with E-state index in [-0.39, 0.29) is 24.3 Å². The first-order chi connectivity index (χ1) is 11.8. The van der Waals surface area contributed by atoms with E-state index in [4.69, 9.17) is 0 Å². The molecule has 2 aliphatic rings. The molecule has 25 heavy (non-hydrogen) atoms. The van der Waals surface area contributed by atoms with Crippen molar-refractivity contribution in [1.82, 2.24) is 10.2 Å². The van der Waals surface area contributed by atoms with E-state index in [2.05, 4.69) is 33.2 Å². The number of rotatable bonds is 3. The summed E-state index contributed by atoms with van der Waals surface area (Å²) >= 11 is 2.21. The number of anilines is 1. The van der Waals surface area contributed by atoms with E-state index in [1.165, 1.54) is 0 Å². The molecule has 3 rings (SSSR count). The van der Waals surface area contributed by atoms with Crippen LogP contribution in [0.25, 0.3) is 0 Å². The van der Waals surface area contributed by atoms with Gasteiger partial charge in [-0.2, -0.15) is 0 Å². The van der Waals surface area contributed by atoms with E-state index in [1.807, 2.05) is 32.0 Å². The Hall–Kier alpha value is -1.64. The Kier molecular flexibility index (Phi) is 5.04. The molecule has 134 valence electrons. The molecule has 0 aromatic heterocycles. The Morgan fingerprint density at radius 2 is 2.16 bits per heavy atom. The van der Waals surface area contributed by atoms with Crippen molar-refractivity contribution in [2.45, 2.75) is 45.1 Å². The summed E-state index contributed by atoms with van der Waals surface area (Å²) in [7, 11) is 0. The highest BCUT2D eigenvalue weighted by Crippen LogP contribution is 2.38. The summed E-state index contributed by atoms with van der Waals surface area (Å²) in [6.45, 7) is 3.64. The van der Waals surface area contributed by atoms with Crippen molar-refractivity contribution in [2.24, 2.45) is 5.92 Å². The molecule has 1 aromatic rings. The van der Waals surface area contributed by atoms with Gasteiger partial charge in [-0.3, -0.25) is 14.5 Å². The molecule has 2 N–H and O–H groups in total. The van der Waals surface area contributed by atoms with Crippen LogP contribution >= 0.6 is 22.6 Å². The van der Waals surface area contributed by atoms with E-state index in [1.54, 1.807) is 0 Å². The molecule has 0 radical (unpaired) electrons. The first kappa shape index (κ1) is 18.2. The number of nitrogens with one attached hydrogen (secondary N) is 2. The lowest BCUT2D eigenvalue weighted by Gasteiger charge is -2.36. The van der Waals surface area contributed by atoms with E-state index < -0.39 is 11.6 Å². The van der Waals surface area contributed by atoms with Gasteiger partial charge >= 0.3 is 6.03 Å². The van der Waals surface area contributed by atoms with Gasteiger partial charge in [-0.1, -0.05) is 19.8 Å². The molecular weight excluding hydrogens is 433 g/mol. The summed E-state index contributed by atoms with van der Waals surface area (Å²) < 4.78 is 1.08. The Morgan fingerprint density at radius 3 is 2.84 bits per heavy atom. The van der Waals surface area contributed by atoms with Crippen LogP contribution in [0.4, 0.5) is 10.5 Å². The zero-order valence-corrected chi connectivity index (χ0v) is 16.6. The Labute approximate surface area is 160 Å². The third-order valence-electron chi connectivity index (χ3n) is 5.27. The quantitative estimate of drug-likeness (QED) is 0.544. The van der Waals surface area contributed by atoms with Crippen LogP contribution in [0, 0.1) is 16.4 Å². The van der Waals surface area contributed by atoms with E-state index in [9.17, 15) is 14.4 Å². The van der Waals surface area contributed by atoms with Gasteiger partial charge in [0.25, 0.3) is 5.91 Å². The molecule has 1 spiro atoms. The lowest BCUT2D eigenvalue weighted by Crippen LogP contribution is -2.54. The van der Waals surface area contributed by atoms with Gasteiger partial charge in [-0.05, 0) is 72.0 Å². The molecule has 0 bridgehead atoms. The molecule has 1 heterocycles. The summed E-state index contributed by atoms with van der Waals surface area (Å²) in [5.74, 6) is -0.545. The molecule has 1 saturated carbocycles. The van der Waals surface area contributed by atoms with E-state index in [0.717, 1.165) is 33.3 Å². The number of carbonyl (C=O) groups excluding carboxylic acids is 3. The zero-order chi connectivity index (χ0) is 18.2. The van der Waals surface area contributed by atoms with Crippen LogP contribution in [-0.2, 0) is 9.59 Å². The summed E-state index contributed by atoms with van der Waals surface area (Å²) in [5.41, 5.74) is 0.807. The second kappa shape index (κ2) is 6.93. The third-order valence-corrected chi connectivity index (χ3v) is 5.94. The molecule has 4 amide bonds. The van der Waals surface area contributed by atoms with Gasteiger partial charge in [0.05, 0.1) is 0 Å². The number of hydrogen-bond donors (Lipinski definition) is 2. The van der Waals surface area contributed by atoms with Crippen molar-refractivity contribution in [3.63, 3.8) is 0 Å². The monoisotopic (exact) mass is 455 g/mol. The Balaban J connectivity index is 1.71. The molecule has 1 aliphatic carbocycles. The summed E-state index contributed by atoms with van der Waals surface area (Å²) in [4.78, 5) is 38.6. The van der Waals surface area contributed by atoms with Crippen molar-refractivity contribution in [1.29, 1.82) is 0 Å². The second-order valence-corrected chi connectivity index (χ2v) is 8.19. The predicted molar refractivity (Wildman–Crippen MR) is 103 cm³/mol. The molecule has 2 atom stereocenters. The number of halogens is 1. The highest BCUT2D eigenvalue weighted by Gasteiger charge is 2.55. The second-order valence-electron chi connectivity index (χ2n) is 6.95. The SMILES string of the molecule is Cc1cc(I)ccc1NC(=O)CN1C(=O)N[C@@]2(CCCC[C@H]2C)C1=O. The number of imide groups is 1. The number of aryl methyl sites for hydroxylation is 1. The van der Waals surface area contributed by atoms with Gasteiger partial charge in [-0.15, -0.1) is 0 Å². The lowest BCUT2D eigenvalue weighted by molar-refractivity contribution is -0.136. The average Bonchev–Trinajstić information content (AvgIpc) is 2.78. The largest absolute Gasteiger partial charge is 0.325 e. The van der Waals surface area contributed by atoms with Crippen molar-refractivity contribution in [3.05, 3.63) is 27.3 Å². The van der Waals surface area contributed by atoms with Gasteiger partial charge in [0.2, 0.25) is 5.91 Å². The van der Waals surface area contributed by atoms with Gasteiger partial charge in [0.15, 0.2) is 0 Å². The topological polar surface area (TPSA) is 78.5 Å². The van der Waals surface area contributed by atoms with Gasteiger partial charge in [0, 0.05) is 9.26 Å². The molecular formula is C18H22IN3O3. The summed E-state index contributed by atoms with van der Waals surface area (Å²) in [5, 5.41) is 5.66. The van der Waals surface area contributed by atoms with Crippen LogP contribution < -0.4 is 10.6 Å². The first-order valence-corrected chi connectivity index (χ1v) is 9.61. The van der Waals surface area contributed by atoms with Crippen LogP contribution in [-0.4, -0.2) is 34.8 Å². The third kappa shape index (κ3) is 3.38. The summed E-state index contributed by atoms with van der Waals surface area (Å²) in [6, 6.07) is 5.22. The average molecular weight is 455 g/mol. The Bertz CT molecular complexity index is 736. The van der Waals surface area contributed by atoms with Gasteiger partial charge in [-0.25, -0.2) is 4.79 Å². The minimum absolute atomic E-state index is 0.0872. The fraction of sp³-hybridized carbons (Fsp3) is 0.500. The molecule has 1 aromatic carbocycles. The van der Waals surface area contributed by atoms with Crippen LogP contribution in [0.1, 0.15) is 38.2 Å². The number of nitrogens with zero attached hydrogens (tertiary/aromatic N) is 1. The number of urea groups is 1. The highest BCUT2D eigenvalue weighted by molar-refractivity contribution is 14.1. The van der Waals surface area contributed by atoms with Gasteiger partial charge < -0.3 is 10.6 Å². The molecule has 1 saturated heterocycles. The molecule has 0 unspecified atom stereocenters. The standard InChI is InChI=1S/C18H22IN3O3/c1-11-9-13(19)6-7-14(11)20-15(23)10-22-16(24)18(21-17(22)25)8-4-3-5-12(18)2/h6-7,9,12H,3-5,8,10H2,1-2H3,(H,20,23)(H,21,25)/t12-,18-/m1/s1. The molecule has 7 heteroatoms. The lowest BCUT2D eigenvalue weighted by atomic mass is 9.73. The minimum atomic E-state index is -0.825. The van der Waals surface area contributed by atoms with Crippen molar-refractivity contribution in [2.75, 3.05) is 11.9 Å². The highest BCUT2D eigenvalue weighted by atomic mass is 127. The van der Waals surface area contributed by atoms with Crippen molar-refractivity contribution < 1.29 is 14.4 Å². The van der Waals surface area contributed by atoms with Crippen LogP contribution in [0.15, 0.2) is 18.2 Å². The van der Waals surface area contributed by atoms with E-state index in [0.29, 0.717) is 12.1 Å². The smallest absolute Gasteiger partial charge is 0.324 e. The maximum atomic E-state index is 12.9. The van der Waals surface area contributed by atoms with Crippen LogP contribution in [0.2, 0.25) is 0 Å². The zero-order valence-electron chi connectivity index (χ0n) is 14.4. The number of amides is 4. The number of benzene rings is 1. The van der Waals surface area contributed by atoms with E-state index >= 15 is 0 Å². The Morgan fingerprint density at radius 1 is 1.40 bits per heavy atom. The van der Waals surface area contributed by atoms with Crippen LogP contribution in [0.3, 0.4) is 0 Å². The molecule has 2 fully saturated rings. The maximum Gasteiger partial charge on any atom is 0.325 e. The molecule has 6 nitrogen and oxygen atoms in total. The fourth-order valence-electron chi connectivity index (χ4n) is 3.74. The first-order valence-electron chi connectivity index (χ1n) is 8.53. The van der Waals surface area contributed by atoms with Crippen LogP contribution in [0.5, 0.6) is 0 Å².